The van der Waals surface area contributed by atoms with Gasteiger partial charge in [-0.1, -0.05) is 0 Å². The first-order valence-electron chi connectivity index (χ1n) is 3.93. The van der Waals surface area contributed by atoms with Crippen LogP contribution in [0.5, 0.6) is 0 Å². The Morgan fingerprint density at radius 3 is 2.92 bits per heavy atom. The maximum atomic E-state index is 12.3. The summed E-state index contributed by atoms with van der Waals surface area (Å²) in [7, 11) is 0. The molecule has 13 heavy (non-hydrogen) atoms. The molecule has 1 heterocycles. The molecule has 0 spiro atoms. The topological polar surface area (TPSA) is 57.8 Å². The molecule has 0 saturated carbocycles. The first kappa shape index (κ1) is 9.70. The Labute approximate surface area is 75.5 Å². The molecular formula is C8H12FN3O. The molecule has 72 valence electrons. The number of alkyl halides is 1. The van der Waals surface area contributed by atoms with E-state index in [0.717, 1.165) is 0 Å². The van der Waals surface area contributed by atoms with Crippen molar-refractivity contribution in [1.82, 2.24) is 15.5 Å². The van der Waals surface area contributed by atoms with Crippen LogP contribution in [0, 0.1) is 0 Å². The predicted octanol–water partition coefficient (Wildman–Crippen LogP) is 0.888. The number of rotatable bonds is 3. The fourth-order valence-electron chi connectivity index (χ4n) is 0.790. The average molecular weight is 185 g/mol. The molecule has 1 aromatic rings. The molecule has 0 unspecified atom stereocenters. The van der Waals surface area contributed by atoms with E-state index >= 15 is 0 Å². The van der Waals surface area contributed by atoms with Gasteiger partial charge in [0.15, 0.2) is 0 Å². The van der Waals surface area contributed by atoms with E-state index < -0.39 is 12.2 Å². The zero-order valence-corrected chi connectivity index (χ0v) is 7.60. The van der Waals surface area contributed by atoms with Crippen molar-refractivity contribution >= 4 is 5.91 Å². The lowest BCUT2D eigenvalue weighted by Crippen LogP contribution is -2.45. The van der Waals surface area contributed by atoms with Crippen LogP contribution in [-0.2, 0) is 0 Å². The summed E-state index contributed by atoms with van der Waals surface area (Å²) in [5.41, 5.74) is -0.496. The van der Waals surface area contributed by atoms with Gasteiger partial charge in [-0.05, 0) is 19.9 Å². The smallest absolute Gasteiger partial charge is 0.269 e. The third-order valence-electron chi connectivity index (χ3n) is 1.53. The Hall–Kier alpha value is -1.39. The molecule has 0 aliphatic heterocycles. The lowest BCUT2D eigenvalue weighted by molar-refractivity contribution is 0.0894. The largest absolute Gasteiger partial charge is 0.343 e. The van der Waals surface area contributed by atoms with E-state index in [1.165, 1.54) is 12.3 Å². The molecule has 0 aliphatic rings. The van der Waals surface area contributed by atoms with Crippen molar-refractivity contribution in [3.8, 4) is 0 Å². The number of amides is 1. The number of nitrogens with one attached hydrogen (secondary N) is 2. The van der Waals surface area contributed by atoms with Crippen LogP contribution in [0.4, 0.5) is 4.39 Å². The molecule has 0 fully saturated rings. The fraction of sp³-hybridized carbons (Fsp3) is 0.500. The van der Waals surface area contributed by atoms with Crippen molar-refractivity contribution in [3.05, 3.63) is 18.0 Å². The normalized spacial score (nSPS) is 11.3. The van der Waals surface area contributed by atoms with Gasteiger partial charge in [0, 0.05) is 6.20 Å². The minimum atomic E-state index is -0.831. The number of carbonyl (C=O) groups excluding carboxylic acids is 1. The Balaban J connectivity index is 2.61. The highest BCUT2D eigenvalue weighted by atomic mass is 19.1. The SMILES string of the molecule is CC(C)(CF)NC(=O)c1ccn[nH]1. The summed E-state index contributed by atoms with van der Waals surface area (Å²) in [5.74, 6) is -0.347. The Bertz CT molecular complexity index is 282. The van der Waals surface area contributed by atoms with E-state index in [-0.39, 0.29) is 5.91 Å². The van der Waals surface area contributed by atoms with Crippen molar-refractivity contribution in [2.24, 2.45) is 0 Å². The first-order chi connectivity index (χ1) is 6.05. The number of aromatic amines is 1. The molecule has 0 bridgehead atoms. The van der Waals surface area contributed by atoms with E-state index in [1.807, 2.05) is 0 Å². The minimum absolute atomic E-state index is 0.335. The van der Waals surface area contributed by atoms with Crippen LogP contribution in [0.1, 0.15) is 24.3 Å². The predicted molar refractivity (Wildman–Crippen MR) is 46.1 cm³/mol. The third kappa shape index (κ3) is 2.54. The van der Waals surface area contributed by atoms with Crippen molar-refractivity contribution < 1.29 is 9.18 Å². The highest BCUT2D eigenvalue weighted by Gasteiger charge is 2.21. The maximum Gasteiger partial charge on any atom is 0.269 e. The first-order valence-corrected chi connectivity index (χ1v) is 3.93. The second kappa shape index (κ2) is 3.55. The standard InChI is InChI=1S/C8H12FN3O/c1-8(2,5-9)11-7(13)6-3-4-10-12-6/h3-4H,5H2,1-2H3,(H,10,12)(H,11,13). The summed E-state index contributed by atoms with van der Waals surface area (Å²) in [4.78, 5) is 11.3. The van der Waals surface area contributed by atoms with Crippen LogP contribution in [0.2, 0.25) is 0 Å². The number of halogens is 1. The van der Waals surface area contributed by atoms with E-state index in [4.69, 9.17) is 0 Å². The van der Waals surface area contributed by atoms with Gasteiger partial charge in [-0.3, -0.25) is 9.89 Å². The summed E-state index contributed by atoms with van der Waals surface area (Å²) in [6.07, 6.45) is 1.47. The summed E-state index contributed by atoms with van der Waals surface area (Å²) in [5, 5.41) is 8.64. The summed E-state index contributed by atoms with van der Waals surface area (Å²) >= 11 is 0. The van der Waals surface area contributed by atoms with Gasteiger partial charge in [-0.2, -0.15) is 5.10 Å². The Morgan fingerprint density at radius 2 is 2.46 bits per heavy atom. The third-order valence-corrected chi connectivity index (χ3v) is 1.53. The molecule has 1 rings (SSSR count). The monoisotopic (exact) mass is 185 g/mol. The van der Waals surface area contributed by atoms with Crippen LogP contribution in [0.3, 0.4) is 0 Å². The van der Waals surface area contributed by atoms with Gasteiger partial charge < -0.3 is 5.32 Å². The number of H-pyrrole nitrogens is 1. The van der Waals surface area contributed by atoms with Crippen LogP contribution in [0.15, 0.2) is 12.3 Å². The highest BCUT2D eigenvalue weighted by molar-refractivity contribution is 5.92. The van der Waals surface area contributed by atoms with Crippen molar-refractivity contribution in [1.29, 1.82) is 0 Å². The highest BCUT2D eigenvalue weighted by Crippen LogP contribution is 2.04. The molecule has 0 aliphatic carbocycles. The van der Waals surface area contributed by atoms with Crippen molar-refractivity contribution in [3.63, 3.8) is 0 Å². The van der Waals surface area contributed by atoms with Gasteiger partial charge in [-0.25, -0.2) is 4.39 Å². The molecule has 0 radical (unpaired) electrons. The molecule has 0 aromatic carbocycles. The number of aromatic nitrogens is 2. The molecule has 2 N–H and O–H groups in total. The molecule has 4 nitrogen and oxygen atoms in total. The lowest BCUT2D eigenvalue weighted by Gasteiger charge is -2.21. The number of nitrogens with zero attached hydrogens (tertiary/aromatic N) is 1. The number of hydrogen-bond donors (Lipinski definition) is 2. The van der Waals surface area contributed by atoms with Crippen LogP contribution in [0.25, 0.3) is 0 Å². The van der Waals surface area contributed by atoms with Gasteiger partial charge >= 0.3 is 0 Å². The Morgan fingerprint density at radius 1 is 1.77 bits per heavy atom. The van der Waals surface area contributed by atoms with Crippen LogP contribution < -0.4 is 5.32 Å². The lowest BCUT2D eigenvalue weighted by atomic mass is 10.1. The van der Waals surface area contributed by atoms with Crippen molar-refractivity contribution in [2.45, 2.75) is 19.4 Å². The second-order valence-corrected chi connectivity index (χ2v) is 3.44. The molecule has 1 amide bonds. The Kier molecular flexibility index (Phi) is 2.65. The summed E-state index contributed by atoms with van der Waals surface area (Å²) in [6, 6.07) is 1.53. The molecule has 0 saturated heterocycles. The van der Waals surface area contributed by atoms with Gasteiger partial charge in [0.25, 0.3) is 5.91 Å². The summed E-state index contributed by atoms with van der Waals surface area (Å²) in [6.45, 7) is 2.62. The minimum Gasteiger partial charge on any atom is -0.343 e. The molecule has 0 atom stereocenters. The van der Waals surface area contributed by atoms with Gasteiger partial charge in [0.1, 0.15) is 12.4 Å². The number of hydrogen-bond acceptors (Lipinski definition) is 2. The quantitative estimate of drug-likeness (QED) is 0.734. The maximum absolute atomic E-state index is 12.3. The van der Waals surface area contributed by atoms with E-state index in [2.05, 4.69) is 15.5 Å². The second-order valence-electron chi connectivity index (χ2n) is 3.44. The molecule has 5 heteroatoms. The number of carbonyl (C=O) groups is 1. The van der Waals surface area contributed by atoms with Gasteiger partial charge in [-0.15, -0.1) is 0 Å². The van der Waals surface area contributed by atoms with E-state index in [9.17, 15) is 9.18 Å². The zero-order chi connectivity index (χ0) is 9.90. The fourth-order valence-corrected chi connectivity index (χ4v) is 0.790. The van der Waals surface area contributed by atoms with Gasteiger partial charge in [0.05, 0.1) is 5.54 Å². The van der Waals surface area contributed by atoms with Crippen LogP contribution >= 0.6 is 0 Å². The van der Waals surface area contributed by atoms with Gasteiger partial charge in [0.2, 0.25) is 0 Å². The molecule has 1 aromatic heterocycles. The van der Waals surface area contributed by atoms with Crippen molar-refractivity contribution in [2.75, 3.05) is 6.67 Å². The zero-order valence-electron chi connectivity index (χ0n) is 7.60. The average Bonchev–Trinajstić information content (AvgIpc) is 2.55. The molecular weight excluding hydrogens is 173 g/mol. The van der Waals surface area contributed by atoms with Crippen LogP contribution in [-0.4, -0.2) is 28.3 Å². The van der Waals surface area contributed by atoms with E-state index in [1.54, 1.807) is 13.8 Å². The van der Waals surface area contributed by atoms with E-state index in [0.29, 0.717) is 5.69 Å². The summed E-state index contributed by atoms with van der Waals surface area (Å²) < 4.78 is 12.3.